The highest BCUT2D eigenvalue weighted by Gasteiger charge is 2.21. The minimum absolute atomic E-state index is 0.00820. The average molecular weight is 403 g/mol. The van der Waals surface area contributed by atoms with E-state index in [4.69, 9.17) is 4.99 Å². The first-order valence-electron chi connectivity index (χ1n) is 9.56. The fourth-order valence-corrected chi connectivity index (χ4v) is 3.45. The maximum absolute atomic E-state index is 12.0. The Morgan fingerprint density at radius 3 is 2.61 bits per heavy atom. The zero-order chi connectivity index (χ0) is 20.4. The number of aromatic hydroxyl groups is 1. The largest absolute Gasteiger partial charge is 0.508 e. The van der Waals surface area contributed by atoms with Crippen LogP contribution in [-0.4, -0.2) is 43.2 Å². The lowest BCUT2D eigenvalue weighted by Crippen LogP contribution is -2.39. The highest BCUT2D eigenvalue weighted by molar-refractivity contribution is 7.10. The van der Waals surface area contributed by atoms with Gasteiger partial charge in [-0.15, -0.1) is 11.3 Å². The molecule has 1 amide bonds. The van der Waals surface area contributed by atoms with Crippen LogP contribution in [0.3, 0.4) is 0 Å². The van der Waals surface area contributed by atoms with Crippen LogP contribution < -0.4 is 16.0 Å². The number of thiophene rings is 1. The SMILES string of the molecule is CCNC(=NCC(C)(C)c1cccs1)NCCCNC(=O)c1cccc(O)c1. The molecule has 28 heavy (non-hydrogen) atoms. The number of guanidine groups is 1. The van der Waals surface area contributed by atoms with E-state index in [0.717, 1.165) is 18.9 Å². The van der Waals surface area contributed by atoms with Crippen molar-refractivity contribution in [1.82, 2.24) is 16.0 Å². The van der Waals surface area contributed by atoms with Gasteiger partial charge in [-0.3, -0.25) is 9.79 Å². The predicted octanol–water partition coefficient (Wildman–Crippen LogP) is 3.11. The molecule has 6 nitrogen and oxygen atoms in total. The van der Waals surface area contributed by atoms with Gasteiger partial charge in [0.1, 0.15) is 5.75 Å². The molecule has 0 aliphatic heterocycles. The number of amides is 1. The van der Waals surface area contributed by atoms with Crippen LogP contribution >= 0.6 is 11.3 Å². The van der Waals surface area contributed by atoms with Gasteiger partial charge >= 0.3 is 0 Å². The Balaban J connectivity index is 1.76. The average Bonchev–Trinajstić information content (AvgIpc) is 3.21. The van der Waals surface area contributed by atoms with Gasteiger partial charge in [0.05, 0.1) is 6.54 Å². The van der Waals surface area contributed by atoms with Gasteiger partial charge in [0.15, 0.2) is 5.96 Å². The fourth-order valence-electron chi connectivity index (χ4n) is 2.61. The van der Waals surface area contributed by atoms with Crippen molar-refractivity contribution in [2.45, 2.75) is 32.6 Å². The van der Waals surface area contributed by atoms with Gasteiger partial charge in [0.2, 0.25) is 0 Å². The number of hydrogen-bond acceptors (Lipinski definition) is 4. The molecule has 0 unspecified atom stereocenters. The lowest BCUT2D eigenvalue weighted by molar-refractivity contribution is 0.0953. The van der Waals surface area contributed by atoms with Crippen molar-refractivity contribution in [3.8, 4) is 5.75 Å². The number of phenols is 1. The van der Waals surface area contributed by atoms with E-state index >= 15 is 0 Å². The van der Waals surface area contributed by atoms with Gasteiger partial charge in [-0.1, -0.05) is 26.0 Å². The van der Waals surface area contributed by atoms with Crippen LogP contribution in [0.15, 0.2) is 46.8 Å². The van der Waals surface area contributed by atoms with Crippen LogP contribution in [0.4, 0.5) is 0 Å². The summed E-state index contributed by atoms with van der Waals surface area (Å²) >= 11 is 1.76. The molecule has 2 aromatic rings. The fraction of sp³-hybridized carbons (Fsp3) is 0.429. The number of benzene rings is 1. The zero-order valence-electron chi connectivity index (χ0n) is 16.8. The summed E-state index contributed by atoms with van der Waals surface area (Å²) < 4.78 is 0. The van der Waals surface area contributed by atoms with Gasteiger partial charge in [-0.05, 0) is 43.0 Å². The standard InChI is InChI=1S/C21H30N4O2S/c1-4-22-20(25-15-21(2,3)18-10-6-13-28-18)24-12-7-11-23-19(27)16-8-5-9-17(26)14-16/h5-6,8-10,13-14,26H,4,7,11-12,15H2,1-3H3,(H,23,27)(H2,22,24,25). The summed E-state index contributed by atoms with van der Waals surface area (Å²) in [4.78, 5) is 18.1. The molecule has 1 aromatic carbocycles. The predicted molar refractivity (Wildman–Crippen MR) is 116 cm³/mol. The normalized spacial score (nSPS) is 11.9. The summed E-state index contributed by atoms with van der Waals surface area (Å²) in [7, 11) is 0. The minimum Gasteiger partial charge on any atom is -0.508 e. The van der Waals surface area contributed by atoms with E-state index in [1.54, 1.807) is 29.5 Å². The van der Waals surface area contributed by atoms with Gasteiger partial charge in [0.25, 0.3) is 5.91 Å². The van der Waals surface area contributed by atoms with Crippen molar-refractivity contribution in [3.05, 3.63) is 52.2 Å². The highest BCUT2D eigenvalue weighted by atomic mass is 32.1. The third-order valence-corrected chi connectivity index (χ3v) is 5.44. The number of phenolic OH excluding ortho intramolecular Hbond substituents is 1. The van der Waals surface area contributed by atoms with Crippen LogP contribution in [0.5, 0.6) is 5.75 Å². The number of aliphatic imine (C=N–C) groups is 1. The van der Waals surface area contributed by atoms with E-state index in [0.29, 0.717) is 25.2 Å². The Bertz CT molecular complexity index is 772. The van der Waals surface area contributed by atoms with Crippen molar-refractivity contribution < 1.29 is 9.90 Å². The molecule has 0 atom stereocenters. The van der Waals surface area contributed by atoms with E-state index in [1.165, 1.54) is 10.9 Å². The third-order valence-electron chi connectivity index (χ3n) is 4.20. The van der Waals surface area contributed by atoms with Crippen LogP contribution in [0.2, 0.25) is 0 Å². The van der Waals surface area contributed by atoms with Gasteiger partial charge in [-0.25, -0.2) is 0 Å². The first-order valence-corrected chi connectivity index (χ1v) is 10.4. The molecule has 2 rings (SSSR count). The maximum atomic E-state index is 12.0. The molecular weight excluding hydrogens is 372 g/mol. The van der Waals surface area contributed by atoms with Gasteiger partial charge < -0.3 is 21.1 Å². The molecule has 152 valence electrons. The summed E-state index contributed by atoms with van der Waals surface area (Å²) in [6.45, 7) is 9.16. The highest BCUT2D eigenvalue weighted by Crippen LogP contribution is 2.27. The second kappa shape index (κ2) is 10.7. The molecule has 1 heterocycles. The Labute approximate surface area is 171 Å². The van der Waals surface area contributed by atoms with Crippen LogP contribution in [0.1, 0.15) is 42.4 Å². The molecule has 0 bridgehead atoms. The molecule has 0 radical (unpaired) electrons. The third kappa shape index (κ3) is 6.88. The topological polar surface area (TPSA) is 85.8 Å². The van der Waals surface area contributed by atoms with Crippen molar-refractivity contribution in [1.29, 1.82) is 0 Å². The lowest BCUT2D eigenvalue weighted by atomic mass is 9.92. The van der Waals surface area contributed by atoms with E-state index in [1.807, 2.05) is 6.92 Å². The minimum atomic E-state index is -0.186. The number of rotatable bonds is 9. The summed E-state index contributed by atoms with van der Waals surface area (Å²) in [5.41, 5.74) is 0.449. The molecule has 0 aliphatic carbocycles. The lowest BCUT2D eigenvalue weighted by Gasteiger charge is -2.21. The van der Waals surface area contributed by atoms with Crippen molar-refractivity contribution >= 4 is 23.2 Å². The number of carbonyl (C=O) groups is 1. The van der Waals surface area contributed by atoms with Crippen molar-refractivity contribution in [2.75, 3.05) is 26.2 Å². The number of nitrogens with zero attached hydrogens (tertiary/aromatic N) is 1. The second-order valence-electron chi connectivity index (χ2n) is 7.14. The molecule has 7 heteroatoms. The summed E-state index contributed by atoms with van der Waals surface area (Å²) in [6, 6.07) is 10.6. The summed E-state index contributed by atoms with van der Waals surface area (Å²) in [5, 5.41) is 21.0. The van der Waals surface area contributed by atoms with Crippen LogP contribution in [-0.2, 0) is 5.41 Å². The molecule has 0 saturated carbocycles. The number of hydrogen-bond donors (Lipinski definition) is 4. The molecule has 0 spiro atoms. The number of nitrogens with one attached hydrogen (secondary N) is 3. The zero-order valence-corrected chi connectivity index (χ0v) is 17.6. The molecule has 0 aliphatic rings. The summed E-state index contributed by atoms with van der Waals surface area (Å²) in [6.07, 6.45) is 0.767. The Morgan fingerprint density at radius 1 is 1.14 bits per heavy atom. The van der Waals surface area contributed by atoms with Crippen LogP contribution in [0, 0.1) is 0 Å². The first-order chi connectivity index (χ1) is 13.4. The van der Waals surface area contributed by atoms with Gasteiger partial charge in [0, 0.05) is 35.5 Å². The molecular formula is C21H30N4O2S. The van der Waals surface area contributed by atoms with Gasteiger partial charge in [-0.2, -0.15) is 0 Å². The molecule has 4 N–H and O–H groups in total. The van der Waals surface area contributed by atoms with E-state index in [2.05, 4.69) is 47.3 Å². The van der Waals surface area contributed by atoms with E-state index in [-0.39, 0.29) is 17.1 Å². The van der Waals surface area contributed by atoms with Crippen LogP contribution in [0.25, 0.3) is 0 Å². The Morgan fingerprint density at radius 2 is 1.93 bits per heavy atom. The number of carbonyl (C=O) groups excluding carboxylic acids is 1. The quantitative estimate of drug-likeness (QED) is 0.295. The van der Waals surface area contributed by atoms with Crippen molar-refractivity contribution in [3.63, 3.8) is 0 Å². The maximum Gasteiger partial charge on any atom is 0.251 e. The molecule has 0 fully saturated rings. The summed E-state index contributed by atoms with van der Waals surface area (Å²) in [5.74, 6) is 0.687. The Kier molecular flexibility index (Phi) is 8.32. The molecule has 1 aromatic heterocycles. The smallest absolute Gasteiger partial charge is 0.251 e. The van der Waals surface area contributed by atoms with E-state index < -0.39 is 0 Å². The molecule has 0 saturated heterocycles. The second-order valence-corrected chi connectivity index (χ2v) is 8.09. The van der Waals surface area contributed by atoms with E-state index in [9.17, 15) is 9.90 Å². The monoisotopic (exact) mass is 402 g/mol. The Hall–Kier alpha value is -2.54. The van der Waals surface area contributed by atoms with Crippen molar-refractivity contribution in [2.24, 2.45) is 4.99 Å². The first kappa shape index (κ1) is 21.8.